The van der Waals surface area contributed by atoms with Gasteiger partial charge in [0.25, 0.3) is 0 Å². The maximum Gasteiger partial charge on any atom is 0.193 e. The molecule has 0 spiro atoms. The first kappa shape index (κ1) is 14.2. The summed E-state index contributed by atoms with van der Waals surface area (Å²) in [5.74, 6) is -0.193. The Morgan fingerprint density at radius 2 is 2.33 bits per heavy atom. The van der Waals surface area contributed by atoms with Crippen LogP contribution in [0.15, 0.2) is 42.0 Å². The van der Waals surface area contributed by atoms with E-state index in [1.807, 2.05) is 28.2 Å². The number of thiazole rings is 1. The van der Waals surface area contributed by atoms with Gasteiger partial charge in [-0.3, -0.25) is 4.40 Å². The molecule has 1 atom stereocenters. The van der Waals surface area contributed by atoms with Crippen LogP contribution in [0.2, 0.25) is 0 Å². The molecule has 110 valence electrons. The molecule has 0 amide bonds. The average molecular weight is 303 g/mol. The number of benzene rings is 1. The van der Waals surface area contributed by atoms with Crippen molar-refractivity contribution in [2.75, 3.05) is 6.54 Å². The molecule has 3 nitrogen and oxygen atoms in total. The molecule has 0 saturated carbocycles. The number of rotatable bonds is 6. The van der Waals surface area contributed by atoms with Crippen molar-refractivity contribution in [1.29, 1.82) is 0 Å². The number of halogens is 1. The summed E-state index contributed by atoms with van der Waals surface area (Å²) in [4.78, 5) is 5.61. The molecule has 0 saturated heterocycles. The highest BCUT2D eigenvalue weighted by Crippen LogP contribution is 2.20. The van der Waals surface area contributed by atoms with Crippen LogP contribution in [0.4, 0.5) is 4.39 Å². The van der Waals surface area contributed by atoms with Gasteiger partial charge in [-0.1, -0.05) is 19.1 Å². The third-order valence-electron chi connectivity index (χ3n) is 3.45. The molecule has 0 radical (unpaired) electrons. The second kappa shape index (κ2) is 6.37. The molecule has 3 aromatic rings. The summed E-state index contributed by atoms with van der Waals surface area (Å²) < 4.78 is 15.5. The van der Waals surface area contributed by atoms with Gasteiger partial charge >= 0.3 is 0 Å². The van der Waals surface area contributed by atoms with Gasteiger partial charge in [0.05, 0.1) is 5.69 Å². The Morgan fingerprint density at radius 1 is 1.43 bits per heavy atom. The lowest BCUT2D eigenvalue weighted by Gasteiger charge is -2.18. The van der Waals surface area contributed by atoms with Crippen LogP contribution in [0.1, 0.15) is 30.6 Å². The zero-order chi connectivity index (χ0) is 14.7. The van der Waals surface area contributed by atoms with Crippen molar-refractivity contribution >= 4 is 16.3 Å². The fourth-order valence-electron chi connectivity index (χ4n) is 2.43. The van der Waals surface area contributed by atoms with E-state index in [0.29, 0.717) is 0 Å². The van der Waals surface area contributed by atoms with Crippen molar-refractivity contribution in [2.45, 2.75) is 25.8 Å². The van der Waals surface area contributed by atoms with Gasteiger partial charge in [0, 0.05) is 30.2 Å². The lowest BCUT2D eigenvalue weighted by molar-refractivity contribution is 0.520. The Labute approximate surface area is 127 Å². The predicted octanol–water partition coefficient (Wildman–Crippen LogP) is 3.82. The smallest absolute Gasteiger partial charge is 0.193 e. The zero-order valence-electron chi connectivity index (χ0n) is 11.9. The second-order valence-corrected chi connectivity index (χ2v) is 5.96. The van der Waals surface area contributed by atoms with E-state index < -0.39 is 0 Å². The van der Waals surface area contributed by atoms with Crippen LogP contribution in [0, 0.1) is 5.82 Å². The van der Waals surface area contributed by atoms with Gasteiger partial charge in [-0.25, -0.2) is 9.37 Å². The van der Waals surface area contributed by atoms with Crippen LogP contribution in [0.3, 0.4) is 0 Å². The minimum atomic E-state index is -0.193. The number of hydrogen-bond acceptors (Lipinski definition) is 3. The SMILES string of the molecule is CCCNC(Cc1cn2ccsc2n1)c1cccc(F)c1. The largest absolute Gasteiger partial charge is 0.310 e. The number of imidazole rings is 1. The number of fused-ring (bicyclic) bond motifs is 1. The van der Waals surface area contributed by atoms with E-state index >= 15 is 0 Å². The topological polar surface area (TPSA) is 29.3 Å². The molecular weight excluding hydrogens is 285 g/mol. The molecule has 0 aliphatic carbocycles. The maximum atomic E-state index is 13.5. The highest BCUT2D eigenvalue weighted by atomic mass is 32.1. The number of nitrogens with one attached hydrogen (secondary N) is 1. The molecular formula is C16H18FN3S. The monoisotopic (exact) mass is 303 g/mol. The summed E-state index contributed by atoms with van der Waals surface area (Å²) in [7, 11) is 0. The van der Waals surface area contributed by atoms with E-state index in [1.165, 1.54) is 6.07 Å². The predicted molar refractivity (Wildman–Crippen MR) is 84.2 cm³/mol. The molecule has 0 aliphatic heterocycles. The maximum absolute atomic E-state index is 13.5. The van der Waals surface area contributed by atoms with Crippen LogP contribution in [0.5, 0.6) is 0 Å². The number of nitrogens with zero attached hydrogens (tertiary/aromatic N) is 2. The van der Waals surface area contributed by atoms with Crippen LogP contribution >= 0.6 is 11.3 Å². The summed E-state index contributed by atoms with van der Waals surface area (Å²) in [6.07, 6.45) is 5.86. The van der Waals surface area contributed by atoms with Crippen molar-refractivity contribution in [1.82, 2.24) is 14.7 Å². The fourth-order valence-corrected chi connectivity index (χ4v) is 3.15. The van der Waals surface area contributed by atoms with E-state index in [-0.39, 0.29) is 11.9 Å². The Bertz CT molecular complexity index is 690. The summed E-state index contributed by atoms with van der Waals surface area (Å²) in [6, 6.07) is 6.90. The van der Waals surface area contributed by atoms with Gasteiger partial charge in [0.1, 0.15) is 5.82 Å². The Kier molecular flexibility index (Phi) is 4.31. The molecule has 0 aliphatic rings. The van der Waals surface area contributed by atoms with Crippen LogP contribution < -0.4 is 5.32 Å². The first-order valence-electron chi connectivity index (χ1n) is 7.16. The minimum absolute atomic E-state index is 0.0882. The van der Waals surface area contributed by atoms with E-state index in [2.05, 4.69) is 17.2 Å². The van der Waals surface area contributed by atoms with Gasteiger partial charge in [0.15, 0.2) is 4.96 Å². The summed E-state index contributed by atoms with van der Waals surface area (Å²) in [5.41, 5.74) is 2.00. The highest BCUT2D eigenvalue weighted by molar-refractivity contribution is 7.15. The van der Waals surface area contributed by atoms with Crippen LogP contribution in [0.25, 0.3) is 4.96 Å². The van der Waals surface area contributed by atoms with Crippen molar-refractivity contribution in [2.24, 2.45) is 0 Å². The van der Waals surface area contributed by atoms with Crippen molar-refractivity contribution < 1.29 is 4.39 Å². The molecule has 5 heteroatoms. The van der Waals surface area contributed by atoms with Crippen LogP contribution in [-0.4, -0.2) is 15.9 Å². The van der Waals surface area contributed by atoms with E-state index in [4.69, 9.17) is 0 Å². The van der Waals surface area contributed by atoms with Crippen LogP contribution in [-0.2, 0) is 6.42 Å². The molecule has 1 unspecified atom stereocenters. The number of hydrogen-bond donors (Lipinski definition) is 1. The summed E-state index contributed by atoms with van der Waals surface area (Å²) >= 11 is 1.62. The van der Waals surface area contributed by atoms with Gasteiger partial charge < -0.3 is 5.32 Å². The van der Waals surface area contributed by atoms with Crippen molar-refractivity contribution in [3.63, 3.8) is 0 Å². The van der Waals surface area contributed by atoms with E-state index in [0.717, 1.165) is 35.6 Å². The van der Waals surface area contributed by atoms with Gasteiger partial charge in [-0.15, -0.1) is 11.3 Å². The third-order valence-corrected chi connectivity index (χ3v) is 4.22. The van der Waals surface area contributed by atoms with Crippen molar-refractivity contribution in [3.8, 4) is 0 Å². The quantitative estimate of drug-likeness (QED) is 0.750. The third kappa shape index (κ3) is 3.31. The van der Waals surface area contributed by atoms with Gasteiger partial charge in [-0.2, -0.15) is 0 Å². The molecule has 1 N–H and O–H groups in total. The van der Waals surface area contributed by atoms with Crippen molar-refractivity contribution in [3.05, 3.63) is 59.1 Å². The molecule has 2 heterocycles. The molecule has 3 rings (SSSR count). The lowest BCUT2D eigenvalue weighted by Crippen LogP contribution is -2.24. The second-order valence-electron chi connectivity index (χ2n) is 5.09. The Hall–Kier alpha value is -1.72. The normalized spacial score (nSPS) is 12.9. The first-order valence-corrected chi connectivity index (χ1v) is 8.04. The molecule has 2 aromatic heterocycles. The Balaban J connectivity index is 1.83. The number of aromatic nitrogens is 2. The van der Waals surface area contributed by atoms with Gasteiger partial charge in [0.2, 0.25) is 0 Å². The molecule has 0 fully saturated rings. The average Bonchev–Trinajstić information content (AvgIpc) is 3.04. The van der Waals surface area contributed by atoms with E-state index in [1.54, 1.807) is 23.5 Å². The van der Waals surface area contributed by atoms with E-state index in [9.17, 15) is 4.39 Å². The first-order chi connectivity index (χ1) is 10.3. The highest BCUT2D eigenvalue weighted by Gasteiger charge is 2.14. The fraction of sp³-hybridized carbons (Fsp3) is 0.312. The lowest BCUT2D eigenvalue weighted by atomic mass is 10.0. The molecule has 21 heavy (non-hydrogen) atoms. The summed E-state index contributed by atoms with van der Waals surface area (Å²) in [6.45, 7) is 3.03. The zero-order valence-corrected chi connectivity index (χ0v) is 12.7. The summed E-state index contributed by atoms with van der Waals surface area (Å²) in [5, 5.41) is 5.50. The standard InChI is InChI=1S/C16H18FN3S/c1-2-6-18-15(12-4-3-5-13(17)9-12)10-14-11-20-7-8-21-16(20)19-14/h3-5,7-9,11,15,18H,2,6,10H2,1H3. The molecule has 0 bridgehead atoms. The minimum Gasteiger partial charge on any atom is -0.310 e. The molecule has 1 aromatic carbocycles. The Morgan fingerprint density at radius 3 is 3.10 bits per heavy atom. The van der Waals surface area contributed by atoms with Gasteiger partial charge in [-0.05, 0) is 30.7 Å².